The Balaban J connectivity index is 2.00. The smallest absolute Gasteiger partial charge is 0.229 e. The number of rotatable bonds is 7. The van der Waals surface area contributed by atoms with Crippen molar-refractivity contribution in [3.8, 4) is 0 Å². The Labute approximate surface area is 174 Å². The Morgan fingerprint density at radius 1 is 1.42 bits per heavy atom. The summed E-state index contributed by atoms with van der Waals surface area (Å²) in [5, 5.41) is 1.80. The van der Waals surface area contributed by atoms with Gasteiger partial charge in [0.2, 0.25) is 5.91 Å². The minimum absolute atomic E-state index is 0.0885. The van der Waals surface area contributed by atoms with E-state index in [1.807, 2.05) is 4.90 Å². The van der Waals surface area contributed by atoms with Crippen LogP contribution in [-0.4, -0.2) is 43.3 Å². The van der Waals surface area contributed by atoms with E-state index in [0.29, 0.717) is 4.88 Å². The number of hydrogen-bond donors (Lipinski definition) is 0. The molecule has 1 aliphatic heterocycles. The summed E-state index contributed by atoms with van der Waals surface area (Å²) in [5.41, 5.74) is -1.91. The van der Waals surface area contributed by atoms with E-state index in [9.17, 15) is 4.79 Å². The van der Waals surface area contributed by atoms with E-state index in [4.69, 9.17) is 18.4 Å². The van der Waals surface area contributed by atoms with Gasteiger partial charge in [-0.25, -0.2) is 0 Å². The third kappa shape index (κ3) is 4.17. The summed E-state index contributed by atoms with van der Waals surface area (Å²) in [5.74, 6) is -0.947. The summed E-state index contributed by atoms with van der Waals surface area (Å²) in [7, 11) is 1.32. The van der Waals surface area contributed by atoms with Gasteiger partial charge in [0.15, 0.2) is 0 Å². The summed E-state index contributed by atoms with van der Waals surface area (Å²) < 4.78 is 86.1. The normalized spacial score (nSPS) is 23.7. The summed E-state index contributed by atoms with van der Waals surface area (Å²) >= 11 is 1.32. The number of nitrogens with zero attached hydrogens (tertiary/aromatic N) is 2. The molecule has 1 fully saturated rings. The van der Waals surface area contributed by atoms with Crippen molar-refractivity contribution in [3.05, 3.63) is 52.6 Å². The maximum Gasteiger partial charge on any atom is 0.229 e. The highest BCUT2D eigenvalue weighted by atomic mass is 32.1. The van der Waals surface area contributed by atoms with Crippen LogP contribution in [0.1, 0.15) is 44.7 Å². The van der Waals surface area contributed by atoms with Gasteiger partial charge in [-0.2, -0.15) is 0 Å². The molecule has 0 atom stereocenters. The van der Waals surface area contributed by atoms with E-state index in [0.717, 1.165) is 4.90 Å². The molecule has 0 N–H and O–H groups in total. The van der Waals surface area contributed by atoms with Crippen LogP contribution in [0, 0.1) is 0 Å². The number of ether oxygens (including phenoxy) is 1. The largest absolute Gasteiger partial charge is 0.358 e. The first-order valence-electron chi connectivity index (χ1n) is 13.3. The van der Waals surface area contributed by atoms with Crippen molar-refractivity contribution >= 4 is 22.9 Å². The fourth-order valence-electron chi connectivity index (χ4n) is 3.14. The van der Waals surface area contributed by atoms with Gasteiger partial charge in [-0.1, -0.05) is 31.0 Å². The standard InChI is InChI=1S/C21H28N2O2S/c1-3-20(24)23(18-8-5-4-6-9-18)21(25-2)12-15-22(16-13-21)14-11-19-10-7-17-26-19/h4-10,17H,3,11-16H2,1-2H3/i1D3,4D,5D,6D,8D,9D,11D2. The third-order valence-corrected chi connectivity index (χ3v) is 5.36. The van der Waals surface area contributed by atoms with Gasteiger partial charge in [0.1, 0.15) is 5.72 Å². The average molecular weight is 383 g/mol. The van der Waals surface area contributed by atoms with Crippen molar-refractivity contribution in [2.45, 2.75) is 38.2 Å². The highest BCUT2D eigenvalue weighted by Gasteiger charge is 2.42. The molecule has 1 amide bonds. The van der Waals surface area contributed by atoms with Gasteiger partial charge in [-0.15, -0.1) is 11.3 Å². The van der Waals surface area contributed by atoms with Crippen molar-refractivity contribution in [1.29, 1.82) is 0 Å². The number of amides is 1. The summed E-state index contributed by atoms with van der Waals surface area (Å²) in [6.07, 6.45) is -2.30. The van der Waals surface area contributed by atoms with Crippen LogP contribution in [0.4, 0.5) is 5.69 Å². The van der Waals surface area contributed by atoms with Crippen LogP contribution in [0.5, 0.6) is 0 Å². The Kier molecular flexibility index (Phi) is 3.39. The SMILES string of the molecule is [2H]c1c([2H])c([2H])c(N(C(=O)CC([2H])([2H])[2H])C2(OC)CCN(CC([2H])([2H])c3cccs3)CC2)c([2H])c1[2H]. The zero-order chi connectivity index (χ0) is 27.1. The summed E-state index contributed by atoms with van der Waals surface area (Å²) in [6.45, 7) is -2.02. The molecule has 0 bridgehead atoms. The molecule has 2 aromatic rings. The first kappa shape index (κ1) is 10.0. The predicted octanol–water partition coefficient (Wildman–Crippen LogP) is 4.17. The first-order valence-corrected chi connectivity index (χ1v) is 9.23. The Hall–Kier alpha value is -1.69. The van der Waals surface area contributed by atoms with Gasteiger partial charge in [0.25, 0.3) is 0 Å². The number of methoxy groups -OCH3 is 1. The highest BCUT2D eigenvalue weighted by Crippen LogP contribution is 2.34. The van der Waals surface area contributed by atoms with E-state index < -0.39 is 67.2 Å². The molecule has 5 heteroatoms. The van der Waals surface area contributed by atoms with Gasteiger partial charge in [-0.05, 0) is 29.9 Å². The molecule has 0 spiro atoms. The lowest BCUT2D eigenvalue weighted by Gasteiger charge is -2.47. The van der Waals surface area contributed by atoms with Crippen molar-refractivity contribution in [2.24, 2.45) is 0 Å². The number of carbonyl (C=O) groups excluding carboxylic acids is 1. The second-order valence-electron chi connectivity index (χ2n) is 5.96. The fourth-order valence-corrected chi connectivity index (χ4v) is 3.75. The van der Waals surface area contributed by atoms with E-state index >= 15 is 0 Å². The summed E-state index contributed by atoms with van der Waals surface area (Å²) in [6, 6.07) is 0.311. The molecule has 0 unspecified atom stereocenters. The molecule has 1 aliphatic rings. The molecule has 1 saturated heterocycles. The monoisotopic (exact) mass is 382 g/mol. The van der Waals surface area contributed by atoms with E-state index in [-0.39, 0.29) is 32.5 Å². The van der Waals surface area contributed by atoms with Crippen molar-refractivity contribution in [1.82, 2.24) is 4.90 Å². The van der Waals surface area contributed by atoms with Gasteiger partial charge in [0.05, 0.1) is 6.85 Å². The number of likely N-dealkylation sites (tertiary alicyclic amines) is 1. The molecule has 4 nitrogen and oxygen atoms in total. The molecule has 0 radical (unpaired) electrons. The van der Waals surface area contributed by atoms with Crippen LogP contribution >= 0.6 is 11.3 Å². The topological polar surface area (TPSA) is 32.8 Å². The molecule has 140 valence electrons. The lowest BCUT2D eigenvalue weighted by molar-refractivity contribution is -0.128. The second-order valence-corrected chi connectivity index (χ2v) is 6.91. The third-order valence-electron chi connectivity index (χ3n) is 4.53. The zero-order valence-electron chi connectivity index (χ0n) is 24.6. The molecular weight excluding hydrogens is 344 g/mol. The number of thiophene rings is 1. The lowest BCUT2D eigenvalue weighted by atomic mass is 9.96. The van der Waals surface area contributed by atoms with Crippen molar-refractivity contribution in [2.75, 3.05) is 31.6 Å². The Morgan fingerprint density at radius 2 is 2.19 bits per heavy atom. The van der Waals surface area contributed by atoms with Crippen LogP contribution < -0.4 is 4.90 Å². The van der Waals surface area contributed by atoms with Crippen LogP contribution in [0.2, 0.25) is 0 Å². The molecule has 0 saturated carbocycles. The Morgan fingerprint density at radius 3 is 2.81 bits per heavy atom. The van der Waals surface area contributed by atoms with Crippen LogP contribution in [0.15, 0.2) is 47.7 Å². The van der Waals surface area contributed by atoms with Crippen molar-refractivity contribution < 1.29 is 23.2 Å². The molecule has 2 heterocycles. The number of anilines is 1. The predicted molar refractivity (Wildman–Crippen MR) is 108 cm³/mol. The maximum absolute atomic E-state index is 13.4. The number of benzene rings is 1. The number of piperidine rings is 1. The number of para-hydroxylation sites is 1. The molecule has 26 heavy (non-hydrogen) atoms. The highest BCUT2D eigenvalue weighted by molar-refractivity contribution is 7.09. The molecule has 3 rings (SSSR count). The van der Waals surface area contributed by atoms with Gasteiger partial charge in [-0.3, -0.25) is 9.69 Å². The molecule has 0 aliphatic carbocycles. The van der Waals surface area contributed by atoms with Crippen LogP contribution in [-0.2, 0) is 15.9 Å². The minimum atomic E-state index is -2.66. The quantitative estimate of drug-likeness (QED) is 0.674. The number of hydrogen-bond acceptors (Lipinski definition) is 4. The lowest BCUT2D eigenvalue weighted by Crippen LogP contribution is -2.59. The van der Waals surface area contributed by atoms with Gasteiger partial charge in [0, 0.05) is 63.4 Å². The van der Waals surface area contributed by atoms with E-state index in [1.54, 1.807) is 17.5 Å². The van der Waals surface area contributed by atoms with Gasteiger partial charge < -0.3 is 9.64 Å². The molecular formula is C21H28N2O2S. The zero-order valence-corrected chi connectivity index (χ0v) is 15.4. The molecule has 1 aromatic carbocycles. The number of carbonyl (C=O) groups is 1. The first-order chi connectivity index (χ1) is 16.6. The summed E-state index contributed by atoms with van der Waals surface area (Å²) in [4.78, 5) is 16.7. The van der Waals surface area contributed by atoms with Crippen molar-refractivity contribution in [3.63, 3.8) is 0 Å². The second kappa shape index (κ2) is 8.80. The molecule has 1 aromatic heterocycles. The van der Waals surface area contributed by atoms with E-state index in [2.05, 4.69) is 0 Å². The van der Waals surface area contributed by atoms with Crippen LogP contribution in [0.3, 0.4) is 0 Å². The Bertz CT molecular complexity index is 1070. The van der Waals surface area contributed by atoms with Gasteiger partial charge >= 0.3 is 0 Å². The maximum atomic E-state index is 13.4. The fraction of sp³-hybridized carbons (Fsp3) is 0.476. The average Bonchev–Trinajstić information content (AvgIpc) is 3.35. The minimum Gasteiger partial charge on any atom is -0.358 e. The van der Waals surface area contributed by atoms with E-state index in [1.165, 1.54) is 18.4 Å². The van der Waals surface area contributed by atoms with Crippen LogP contribution in [0.25, 0.3) is 0 Å².